The van der Waals surface area contributed by atoms with E-state index in [0.29, 0.717) is 6.04 Å². The molecule has 3 heteroatoms. The van der Waals surface area contributed by atoms with Gasteiger partial charge in [-0.1, -0.05) is 24.5 Å². The lowest BCUT2D eigenvalue weighted by Crippen LogP contribution is -2.16. The second-order valence-electron chi connectivity index (χ2n) is 5.91. The van der Waals surface area contributed by atoms with E-state index >= 15 is 0 Å². The third-order valence-electron chi connectivity index (χ3n) is 4.43. The van der Waals surface area contributed by atoms with Gasteiger partial charge in [-0.3, -0.25) is 4.68 Å². The van der Waals surface area contributed by atoms with Crippen LogP contribution in [0.25, 0.3) is 0 Å². The lowest BCUT2D eigenvalue weighted by atomic mass is 10.2. The number of hydrogen-bond donors (Lipinski definition) is 1. The Labute approximate surface area is 116 Å². The Kier molecular flexibility index (Phi) is 4.34. The maximum Gasteiger partial charge on any atom is 0.0762 e. The molecule has 1 aromatic heterocycles. The zero-order valence-corrected chi connectivity index (χ0v) is 11.8. The molecule has 19 heavy (non-hydrogen) atoms. The predicted octanol–water partition coefficient (Wildman–Crippen LogP) is 3.59. The molecular formula is C16H25N3. The highest BCUT2D eigenvalue weighted by molar-refractivity contribution is 5.07. The summed E-state index contributed by atoms with van der Waals surface area (Å²) in [5.74, 6) is 0. The van der Waals surface area contributed by atoms with Crippen LogP contribution in [0.15, 0.2) is 23.9 Å². The van der Waals surface area contributed by atoms with Crippen LogP contribution in [-0.4, -0.2) is 16.3 Å². The summed E-state index contributed by atoms with van der Waals surface area (Å²) in [6, 6.07) is 2.83. The first-order chi connectivity index (χ1) is 9.42. The number of nitrogens with zero attached hydrogens (tertiary/aromatic N) is 2. The molecule has 0 aromatic carbocycles. The van der Waals surface area contributed by atoms with Gasteiger partial charge < -0.3 is 5.32 Å². The number of nitrogens with one attached hydrogen (secondary N) is 1. The molecule has 1 heterocycles. The van der Waals surface area contributed by atoms with Crippen molar-refractivity contribution >= 4 is 0 Å². The summed E-state index contributed by atoms with van der Waals surface area (Å²) in [6.07, 6.45) is 15.1. The maximum atomic E-state index is 4.70. The van der Waals surface area contributed by atoms with Crippen LogP contribution in [0.3, 0.4) is 0 Å². The first-order valence-electron chi connectivity index (χ1n) is 7.84. The van der Waals surface area contributed by atoms with Gasteiger partial charge in [0, 0.05) is 12.7 Å². The molecule has 0 bridgehead atoms. The number of hydrogen-bond acceptors (Lipinski definition) is 2. The Morgan fingerprint density at radius 3 is 2.95 bits per heavy atom. The fraction of sp³-hybridized carbons (Fsp3) is 0.688. The summed E-state index contributed by atoms with van der Waals surface area (Å²) in [7, 11) is 0. The highest BCUT2D eigenvalue weighted by atomic mass is 15.3. The second kappa shape index (κ2) is 6.38. The van der Waals surface area contributed by atoms with Crippen molar-refractivity contribution in [3.63, 3.8) is 0 Å². The summed E-state index contributed by atoms with van der Waals surface area (Å²) in [4.78, 5) is 0. The van der Waals surface area contributed by atoms with E-state index in [1.807, 2.05) is 0 Å². The monoisotopic (exact) mass is 259 g/mol. The van der Waals surface area contributed by atoms with Crippen LogP contribution in [0.1, 0.15) is 63.1 Å². The van der Waals surface area contributed by atoms with E-state index in [9.17, 15) is 0 Å². The van der Waals surface area contributed by atoms with Crippen LogP contribution >= 0.6 is 0 Å². The van der Waals surface area contributed by atoms with Crippen molar-refractivity contribution in [2.75, 3.05) is 6.54 Å². The molecule has 0 aliphatic heterocycles. The average molecular weight is 259 g/mol. The smallest absolute Gasteiger partial charge is 0.0762 e. The predicted molar refractivity (Wildman–Crippen MR) is 78.0 cm³/mol. The summed E-state index contributed by atoms with van der Waals surface area (Å²) >= 11 is 0. The largest absolute Gasteiger partial charge is 0.311 e. The molecule has 0 atom stereocenters. The fourth-order valence-corrected chi connectivity index (χ4v) is 3.27. The quantitative estimate of drug-likeness (QED) is 0.625. The van der Waals surface area contributed by atoms with E-state index in [1.54, 1.807) is 5.57 Å². The van der Waals surface area contributed by atoms with Gasteiger partial charge in [0.15, 0.2) is 0 Å². The highest BCUT2D eigenvalue weighted by Gasteiger charge is 2.17. The summed E-state index contributed by atoms with van der Waals surface area (Å²) in [6.45, 7) is 2.00. The van der Waals surface area contributed by atoms with E-state index in [1.165, 1.54) is 57.1 Å². The maximum absolute atomic E-state index is 4.70. The van der Waals surface area contributed by atoms with Crippen LogP contribution in [0.4, 0.5) is 0 Å². The molecule has 3 rings (SSSR count). The minimum Gasteiger partial charge on any atom is -0.311 e. The third-order valence-corrected chi connectivity index (χ3v) is 4.43. The van der Waals surface area contributed by atoms with Gasteiger partial charge in [0.1, 0.15) is 0 Å². The van der Waals surface area contributed by atoms with Crippen LogP contribution in [0, 0.1) is 0 Å². The Bertz CT molecular complexity index is 427. The molecule has 0 spiro atoms. The minimum absolute atomic E-state index is 0.664. The molecule has 0 amide bonds. The van der Waals surface area contributed by atoms with Gasteiger partial charge in [-0.15, -0.1) is 0 Å². The van der Waals surface area contributed by atoms with Gasteiger partial charge >= 0.3 is 0 Å². The van der Waals surface area contributed by atoms with E-state index in [4.69, 9.17) is 5.10 Å². The van der Waals surface area contributed by atoms with Crippen molar-refractivity contribution in [2.45, 2.75) is 64.0 Å². The first kappa shape index (κ1) is 12.9. The molecule has 104 valence electrons. The van der Waals surface area contributed by atoms with E-state index in [-0.39, 0.29) is 0 Å². The van der Waals surface area contributed by atoms with Crippen molar-refractivity contribution in [1.29, 1.82) is 0 Å². The number of rotatable bonds is 6. The highest BCUT2D eigenvalue weighted by Crippen LogP contribution is 2.28. The van der Waals surface area contributed by atoms with Gasteiger partial charge in [0.05, 0.1) is 11.7 Å². The molecule has 1 saturated carbocycles. The summed E-state index contributed by atoms with van der Waals surface area (Å²) in [5, 5.41) is 8.22. The second-order valence-corrected chi connectivity index (χ2v) is 5.91. The first-order valence-corrected chi connectivity index (χ1v) is 7.84. The zero-order valence-electron chi connectivity index (χ0n) is 11.8. The Hall–Kier alpha value is -1.09. The molecule has 1 fully saturated rings. The van der Waals surface area contributed by atoms with E-state index in [0.717, 1.165) is 13.1 Å². The molecule has 1 aromatic rings. The van der Waals surface area contributed by atoms with Gasteiger partial charge in [-0.25, -0.2) is 0 Å². The molecule has 0 radical (unpaired) electrons. The van der Waals surface area contributed by atoms with Crippen LogP contribution in [-0.2, 0) is 6.54 Å². The molecular weight excluding hydrogens is 234 g/mol. The van der Waals surface area contributed by atoms with Gasteiger partial charge in [0.25, 0.3) is 0 Å². The van der Waals surface area contributed by atoms with Crippen LogP contribution in [0.2, 0.25) is 0 Å². The van der Waals surface area contributed by atoms with Crippen molar-refractivity contribution in [2.24, 2.45) is 0 Å². The minimum atomic E-state index is 0.664. The fourth-order valence-electron chi connectivity index (χ4n) is 3.27. The molecule has 0 unspecified atom stereocenters. The van der Waals surface area contributed by atoms with Crippen molar-refractivity contribution in [1.82, 2.24) is 15.1 Å². The SMILES string of the molecule is C1=C(CCNCc2ccn(C3CCCC3)n2)CCC1. The summed E-state index contributed by atoms with van der Waals surface area (Å²) in [5.41, 5.74) is 2.83. The van der Waals surface area contributed by atoms with Gasteiger partial charge in [-0.05, 0) is 51.1 Å². The molecule has 1 N–H and O–H groups in total. The van der Waals surface area contributed by atoms with Crippen molar-refractivity contribution in [3.8, 4) is 0 Å². The normalized spacial score (nSPS) is 20.1. The molecule has 3 nitrogen and oxygen atoms in total. The average Bonchev–Trinajstić information content (AvgIpc) is 3.15. The topological polar surface area (TPSA) is 29.9 Å². The number of aromatic nitrogens is 2. The lowest BCUT2D eigenvalue weighted by Gasteiger charge is -2.09. The number of allylic oxidation sites excluding steroid dienone is 1. The van der Waals surface area contributed by atoms with Crippen molar-refractivity contribution in [3.05, 3.63) is 29.6 Å². The van der Waals surface area contributed by atoms with Crippen molar-refractivity contribution < 1.29 is 0 Å². The molecule has 2 aliphatic rings. The molecule has 2 aliphatic carbocycles. The Morgan fingerprint density at radius 1 is 1.26 bits per heavy atom. The van der Waals surface area contributed by atoms with Gasteiger partial charge in [-0.2, -0.15) is 5.10 Å². The standard InChI is InChI=1S/C16H25N3/c1-2-6-14(5-1)9-11-17-13-15-10-12-19(18-15)16-7-3-4-8-16/h5,10,12,16-17H,1-4,6-9,11,13H2. The van der Waals surface area contributed by atoms with E-state index in [2.05, 4.69) is 28.3 Å². The lowest BCUT2D eigenvalue weighted by molar-refractivity contribution is 0.461. The summed E-state index contributed by atoms with van der Waals surface area (Å²) < 4.78 is 2.18. The van der Waals surface area contributed by atoms with Crippen LogP contribution in [0.5, 0.6) is 0 Å². The Balaban J connectivity index is 1.40. The third kappa shape index (κ3) is 3.47. The zero-order chi connectivity index (χ0) is 12.9. The molecule has 0 saturated heterocycles. The van der Waals surface area contributed by atoms with E-state index < -0.39 is 0 Å². The Morgan fingerprint density at radius 2 is 2.16 bits per heavy atom. The van der Waals surface area contributed by atoms with Crippen LogP contribution < -0.4 is 5.32 Å². The van der Waals surface area contributed by atoms with Gasteiger partial charge in [0.2, 0.25) is 0 Å².